The number of amides is 1. The molecular weight excluding hydrogens is 358 g/mol. The molecular formula is C21H31N3O4. The smallest absolute Gasteiger partial charge is 0.410 e. The molecule has 0 saturated carbocycles. The summed E-state index contributed by atoms with van der Waals surface area (Å²) in [6.07, 6.45) is 1.46. The number of aliphatic hydroxyl groups is 1. The van der Waals surface area contributed by atoms with Crippen molar-refractivity contribution in [2.75, 3.05) is 33.8 Å². The monoisotopic (exact) mass is 389 g/mol. The van der Waals surface area contributed by atoms with Crippen LogP contribution in [0, 0.1) is 0 Å². The molecule has 0 bridgehead atoms. The summed E-state index contributed by atoms with van der Waals surface area (Å²) in [5.41, 5.74) is 1.13. The molecule has 0 aliphatic rings. The fraction of sp³-hybridized carbons (Fsp3) is 0.524. The molecule has 1 aromatic carbocycles. The third kappa shape index (κ3) is 6.35. The van der Waals surface area contributed by atoms with Crippen LogP contribution in [0.2, 0.25) is 0 Å². The number of rotatable bonds is 8. The first-order valence-electron chi connectivity index (χ1n) is 9.47. The van der Waals surface area contributed by atoms with Gasteiger partial charge in [0.2, 0.25) is 0 Å². The molecule has 1 amide bonds. The van der Waals surface area contributed by atoms with E-state index in [2.05, 4.69) is 10.3 Å². The van der Waals surface area contributed by atoms with Crippen LogP contribution in [0.1, 0.15) is 38.9 Å². The summed E-state index contributed by atoms with van der Waals surface area (Å²) in [5.74, 6) is 0.729. The summed E-state index contributed by atoms with van der Waals surface area (Å²) in [6.45, 7) is 7.20. The van der Waals surface area contributed by atoms with Crippen molar-refractivity contribution in [2.45, 2.75) is 38.9 Å². The molecule has 0 aliphatic heterocycles. The second kappa shape index (κ2) is 9.71. The molecule has 154 valence electrons. The highest BCUT2D eigenvalue weighted by atomic mass is 16.6. The summed E-state index contributed by atoms with van der Waals surface area (Å²) in [5, 5.41) is 14.7. The molecule has 0 saturated heterocycles. The minimum absolute atomic E-state index is 0.329. The molecule has 0 radical (unpaired) electrons. The molecule has 2 aromatic rings. The molecule has 2 N–H and O–H groups in total. The van der Waals surface area contributed by atoms with Crippen LogP contribution in [0.15, 0.2) is 30.5 Å². The van der Waals surface area contributed by atoms with E-state index in [-0.39, 0.29) is 6.09 Å². The number of aliphatic hydroxyl groups excluding tert-OH is 1. The highest BCUT2D eigenvalue weighted by Gasteiger charge is 2.19. The van der Waals surface area contributed by atoms with Crippen LogP contribution in [-0.2, 0) is 4.74 Å². The molecule has 1 atom stereocenters. The Morgan fingerprint density at radius 3 is 2.75 bits per heavy atom. The van der Waals surface area contributed by atoms with Crippen molar-refractivity contribution in [1.82, 2.24) is 15.2 Å². The van der Waals surface area contributed by atoms with Gasteiger partial charge in [0.25, 0.3) is 0 Å². The minimum atomic E-state index is -0.666. The molecule has 1 heterocycles. The lowest BCUT2D eigenvalue weighted by Crippen LogP contribution is -2.35. The van der Waals surface area contributed by atoms with Gasteiger partial charge in [0.05, 0.1) is 18.7 Å². The molecule has 2 rings (SSSR count). The number of pyridine rings is 1. The Morgan fingerprint density at radius 2 is 2.07 bits per heavy atom. The van der Waals surface area contributed by atoms with Crippen LogP contribution in [-0.4, -0.2) is 60.5 Å². The largest absolute Gasteiger partial charge is 0.497 e. The molecule has 7 nitrogen and oxygen atoms in total. The molecule has 1 aromatic heterocycles. The Morgan fingerprint density at radius 1 is 1.32 bits per heavy atom. The van der Waals surface area contributed by atoms with Crippen LogP contribution in [0.3, 0.4) is 0 Å². The topological polar surface area (TPSA) is 83.9 Å². The molecule has 0 spiro atoms. The van der Waals surface area contributed by atoms with Crippen molar-refractivity contribution in [3.63, 3.8) is 0 Å². The molecule has 7 heteroatoms. The fourth-order valence-corrected chi connectivity index (χ4v) is 2.79. The van der Waals surface area contributed by atoms with Gasteiger partial charge in [-0.1, -0.05) is 0 Å². The lowest BCUT2D eigenvalue weighted by atomic mass is 10.0. The summed E-state index contributed by atoms with van der Waals surface area (Å²) in [4.78, 5) is 17.8. The summed E-state index contributed by atoms with van der Waals surface area (Å²) >= 11 is 0. The Kier molecular flexibility index (Phi) is 7.60. The van der Waals surface area contributed by atoms with E-state index in [1.54, 1.807) is 25.3 Å². The number of nitrogens with zero attached hydrogens (tertiary/aromatic N) is 2. The maximum Gasteiger partial charge on any atom is 0.410 e. The number of hydrogen-bond donors (Lipinski definition) is 2. The second-order valence-electron chi connectivity index (χ2n) is 7.76. The zero-order valence-electron chi connectivity index (χ0n) is 17.4. The number of methoxy groups -OCH3 is 1. The Hall–Kier alpha value is -2.38. The predicted molar refractivity (Wildman–Crippen MR) is 110 cm³/mol. The third-order valence-corrected chi connectivity index (χ3v) is 4.23. The maximum atomic E-state index is 11.9. The zero-order valence-corrected chi connectivity index (χ0v) is 17.4. The van der Waals surface area contributed by atoms with Crippen molar-refractivity contribution in [3.8, 4) is 5.75 Å². The van der Waals surface area contributed by atoms with E-state index in [0.717, 1.165) is 28.6 Å². The molecule has 1 unspecified atom stereocenters. The Balaban J connectivity index is 1.82. The number of carbonyl (C=O) groups is 1. The van der Waals surface area contributed by atoms with Crippen LogP contribution in [0.25, 0.3) is 10.9 Å². The van der Waals surface area contributed by atoms with Crippen LogP contribution >= 0.6 is 0 Å². The number of aromatic nitrogens is 1. The van der Waals surface area contributed by atoms with Crippen LogP contribution in [0.4, 0.5) is 4.79 Å². The highest BCUT2D eigenvalue weighted by Crippen LogP contribution is 2.26. The highest BCUT2D eigenvalue weighted by molar-refractivity contribution is 5.83. The van der Waals surface area contributed by atoms with E-state index >= 15 is 0 Å². The van der Waals surface area contributed by atoms with Gasteiger partial charge in [-0.25, -0.2) is 4.79 Å². The van der Waals surface area contributed by atoms with Crippen molar-refractivity contribution >= 4 is 17.0 Å². The van der Waals surface area contributed by atoms with Crippen molar-refractivity contribution in [1.29, 1.82) is 0 Å². The zero-order chi connectivity index (χ0) is 20.7. The number of carbonyl (C=O) groups excluding carboxylic acids is 1. The predicted octanol–water partition coefficient (Wildman–Crippen LogP) is 3.12. The van der Waals surface area contributed by atoms with Gasteiger partial charge < -0.3 is 24.8 Å². The Labute approximate surface area is 166 Å². The first-order chi connectivity index (χ1) is 13.2. The van der Waals surface area contributed by atoms with Gasteiger partial charge in [0.15, 0.2) is 0 Å². The van der Waals surface area contributed by atoms with E-state index in [4.69, 9.17) is 9.47 Å². The van der Waals surface area contributed by atoms with E-state index in [0.29, 0.717) is 19.6 Å². The lowest BCUT2D eigenvalue weighted by Gasteiger charge is -2.24. The summed E-state index contributed by atoms with van der Waals surface area (Å²) in [7, 11) is 3.34. The number of nitrogens with one attached hydrogen (secondary N) is 1. The van der Waals surface area contributed by atoms with Crippen molar-refractivity contribution < 1.29 is 19.4 Å². The van der Waals surface area contributed by atoms with Gasteiger partial charge in [-0.3, -0.25) is 4.98 Å². The first kappa shape index (κ1) is 21.9. The van der Waals surface area contributed by atoms with E-state index in [1.165, 1.54) is 0 Å². The Bertz CT molecular complexity index is 789. The van der Waals surface area contributed by atoms with E-state index in [9.17, 15) is 9.90 Å². The number of ether oxygens (including phenoxy) is 2. The molecule has 28 heavy (non-hydrogen) atoms. The van der Waals surface area contributed by atoms with Gasteiger partial charge in [0.1, 0.15) is 11.4 Å². The minimum Gasteiger partial charge on any atom is -0.497 e. The molecule has 0 fully saturated rings. The average Bonchev–Trinajstić information content (AvgIpc) is 2.65. The lowest BCUT2D eigenvalue weighted by molar-refractivity contribution is 0.0297. The van der Waals surface area contributed by atoms with Crippen molar-refractivity contribution in [2.24, 2.45) is 0 Å². The van der Waals surface area contributed by atoms with E-state index < -0.39 is 11.7 Å². The summed E-state index contributed by atoms with van der Waals surface area (Å²) in [6, 6.07) is 7.44. The normalized spacial score (nSPS) is 12.6. The van der Waals surface area contributed by atoms with Gasteiger partial charge in [-0.15, -0.1) is 0 Å². The van der Waals surface area contributed by atoms with Crippen LogP contribution in [0.5, 0.6) is 5.75 Å². The SMILES string of the molecule is COc1ccc2nccc(C(O)CNCCCN(C)C(=O)OC(C)(C)C)c2c1. The van der Waals surface area contributed by atoms with Gasteiger partial charge in [-0.05, 0) is 63.6 Å². The average molecular weight is 389 g/mol. The standard InChI is InChI=1S/C21H31N3O4/c1-21(2,3)28-20(26)24(4)12-6-10-22-14-19(25)16-9-11-23-18-8-7-15(27-5)13-17(16)18/h7-9,11,13,19,22,25H,6,10,12,14H2,1-5H3. The van der Waals surface area contributed by atoms with Crippen LogP contribution < -0.4 is 10.1 Å². The third-order valence-electron chi connectivity index (χ3n) is 4.23. The van der Waals surface area contributed by atoms with Gasteiger partial charge in [0, 0.05) is 31.7 Å². The quantitative estimate of drug-likeness (QED) is 0.675. The first-order valence-corrected chi connectivity index (χ1v) is 9.47. The fourth-order valence-electron chi connectivity index (χ4n) is 2.79. The molecule has 0 aliphatic carbocycles. The summed E-state index contributed by atoms with van der Waals surface area (Å²) < 4.78 is 10.6. The number of hydrogen-bond acceptors (Lipinski definition) is 6. The second-order valence-corrected chi connectivity index (χ2v) is 7.76. The van der Waals surface area contributed by atoms with Gasteiger partial charge in [-0.2, -0.15) is 0 Å². The maximum absolute atomic E-state index is 11.9. The van der Waals surface area contributed by atoms with Gasteiger partial charge >= 0.3 is 6.09 Å². The van der Waals surface area contributed by atoms with Crippen molar-refractivity contribution in [3.05, 3.63) is 36.0 Å². The van der Waals surface area contributed by atoms with E-state index in [1.807, 2.05) is 45.0 Å². The number of benzene rings is 1. The number of fused-ring (bicyclic) bond motifs is 1.